The summed E-state index contributed by atoms with van der Waals surface area (Å²) < 4.78 is 5.50. The van der Waals surface area contributed by atoms with Gasteiger partial charge in [-0.05, 0) is 31.9 Å². The van der Waals surface area contributed by atoms with E-state index in [1.54, 1.807) is 12.1 Å². The first-order chi connectivity index (χ1) is 10.5. The first-order valence-corrected chi connectivity index (χ1v) is 7.69. The van der Waals surface area contributed by atoms with Gasteiger partial charge < -0.3 is 15.8 Å². The molecule has 0 fully saturated rings. The summed E-state index contributed by atoms with van der Waals surface area (Å²) in [6.45, 7) is 6.26. The number of nitrogens with zero attached hydrogens (tertiary/aromatic N) is 1. The molecule has 0 bridgehead atoms. The molecule has 6 nitrogen and oxygen atoms in total. The van der Waals surface area contributed by atoms with Crippen molar-refractivity contribution in [2.45, 2.75) is 45.7 Å². The predicted molar refractivity (Wildman–Crippen MR) is 86.1 cm³/mol. The second-order valence-corrected chi connectivity index (χ2v) is 5.25. The van der Waals surface area contributed by atoms with E-state index in [1.807, 2.05) is 26.8 Å². The van der Waals surface area contributed by atoms with E-state index in [9.17, 15) is 9.59 Å². The van der Waals surface area contributed by atoms with Crippen LogP contribution in [0.3, 0.4) is 0 Å². The summed E-state index contributed by atoms with van der Waals surface area (Å²) in [4.78, 5) is 25.9. The molecule has 0 aromatic heterocycles. The highest BCUT2D eigenvalue weighted by Crippen LogP contribution is 2.37. The number of hydrogen-bond acceptors (Lipinski definition) is 4. The number of primary amides is 1. The number of rotatable bonds is 6. The number of nitrogens with one attached hydrogen (secondary N) is 1. The number of carbonyl (C=O) groups excluding carboxylic acids is 2. The zero-order valence-electron chi connectivity index (χ0n) is 13.3. The monoisotopic (exact) mass is 305 g/mol. The lowest BCUT2D eigenvalue weighted by atomic mass is 10.0. The van der Waals surface area contributed by atoms with E-state index >= 15 is 0 Å². The molecule has 0 spiro atoms. The quantitative estimate of drug-likeness (QED) is 0.840. The van der Waals surface area contributed by atoms with E-state index in [-0.39, 0.29) is 11.9 Å². The second-order valence-electron chi connectivity index (χ2n) is 5.25. The van der Waals surface area contributed by atoms with Gasteiger partial charge in [0.05, 0.1) is 18.0 Å². The van der Waals surface area contributed by atoms with E-state index in [2.05, 4.69) is 5.32 Å². The molecule has 1 heterocycles. The van der Waals surface area contributed by atoms with Gasteiger partial charge in [0.15, 0.2) is 0 Å². The molecule has 1 aromatic rings. The third kappa shape index (κ3) is 2.86. The molecular formula is C16H23N3O3. The van der Waals surface area contributed by atoms with Crippen LogP contribution >= 0.6 is 0 Å². The standard InChI is InChI=1S/C16H23N3O3/c1-4-11-16(21)19(13(5-2)15(17)20)14-8-7-10(22-6-3)9-12(14)18-11/h7-9,11,13,18H,4-6H2,1-3H3,(H2,17,20). The first kappa shape index (κ1) is 16.1. The maximum Gasteiger partial charge on any atom is 0.250 e. The van der Waals surface area contributed by atoms with Crippen LogP contribution in [0.1, 0.15) is 33.6 Å². The Morgan fingerprint density at radius 1 is 1.41 bits per heavy atom. The Morgan fingerprint density at radius 3 is 2.68 bits per heavy atom. The average Bonchev–Trinajstić information content (AvgIpc) is 2.49. The van der Waals surface area contributed by atoms with Crippen LogP contribution in [0.5, 0.6) is 5.75 Å². The van der Waals surface area contributed by atoms with Gasteiger partial charge in [0, 0.05) is 6.07 Å². The lowest BCUT2D eigenvalue weighted by Gasteiger charge is -2.38. The number of ether oxygens (including phenoxy) is 1. The molecule has 0 saturated heterocycles. The van der Waals surface area contributed by atoms with Gasteiger partial charge in [-0.3, -0.25) is 14.5 Å². The van der Waals surface area contributed by atoms with Crippen LogP contribution in [0.25, 0.3) is 0 Å². The predicted octanol–water partition coefficient (Wildman–Crippen LogP) is 1.89. The average molecular weight is 305 g/mol. The van der Waals surface area contributed by atoms with Gasteiger partial charge in [-0.15, -0.1) is 0 Å². The molecule has 0 radical (unpaired) electrons. The molecule has 22 heavy (non-hydrogen) atoms. The SMILES string of the molecule is CCOc1ccc2c(c1)NC(CC)C(=O)N2C(CC)C(N)=O. The molecule has 6 heteroatoms. The Morgan fingerprint density at radius 2 is 2.14 bits per heavy atom. The highest BCUT2D eigenvalue weighted by Gasteiger charge is 2.37. The first-order valence-electron chi connectivity index (χ1n) is 7.69. The topological polar surface area (TPSA) is 84.7 Å². The van der Waals surface area contributed by atoms with E-state index < -0.39 is 11.9 Å². The second kappa shape index (κ2) is 6.68. The van der Waals surface area contributed by atoms with Crippen molar-refractivity contribution < 1.29 is 14.3 Å². The molecule has 2 rings (SSSR count). The summed E-state index contributed by atoms with van der Waals surface area (Å²) >= 11 is 0. The van der Waals surface area contributed by atoms with Crippen LogP contribution < -0.4 is 20.7 Å². The van der Waals surface area contributed by atoms with Gasteiger partial charge in [0.2, 0.25) is 11.8 Å². The van der Waals surface area contributed by atoms with Crippen molar-refractivity contribution in [3.8, 4) is 5.75 Å². The van der Waals surface area contributed by atoms with Crippen LogP contribution in [-0.4, -0.2) is 30.5 Å². The number of anilines is 2. The van der Waals surface area contributed by atoms with Crippen molar-refractivity contribution in [1.29, 1.82) is 0 Å². The molecule has 2 unspecified atom stereocenters. The third-order valence-corrected chi connectivity index (χ3v) is 3.84. The lowest BCUT2D eigenvalue weighted by Crippen LogP contribution is -2.55. The van der Waals surface area contributed by atoms with Crippen molar-refractivity contribution in [3.05, 3.63) is 18.2 Å². The Bertz CT molecular complexity index is 574. The Kier molecular flexibility index (Phi) is 4.90. The van der Waals surface area contributed by atoms with Crippen LogP contribution in [0.15, 0.2) is 18.2 Å². The fourth-order valence-corrected chi connectivity index (χ4v) is 2.74. The van der Waals surface area contributed by atoms with Crippen molar-refractivity contribution in [2.24, 2.45) is 5.73 Å². The zero-order chi connectivity index (χ0) is 16.3. The highest BCUT2D eigenvalue weighted by atomic mass is 16.5. The zero-order valence-corrected chi connectivity index (χ0v) is 13.3. The van der Waals surface area contributed by atoms with Crippen LogP contribution in [-0.2, 0) is 9.59 Å². The maximum absolute atomic E-state index is 12.7. The summed E-state index contributed by atoms with van der Waals surface area (Å²) in [6.07, 6.45) is 1.10. The fourth-order valence-electron chi connectivity index (χ4n) is 2.74. The fraction of sp³-hybridized carbons (Fsp3) is 0.500. The smallest absolute Gasteiger partial charge is 0.250 e. The van der Waals surface area contributed by atoms with Crippen LogP contribution in [0.4, 0.5) is 11.4 Å². The van der Waals surface area contributed by atoms with E-state index in [0.717, 1.165) is 11.4 Å². The summed E-state index contributed by atoms with van der Waals surface area (Å²) in [5, 5.41) is 3.22. The Balaban J connectivity index is 2.49. The minimum absolute atomic E-state index is 0.121. The number of fused-ring (bicyclic) bond motifs is 1. The van der Waals surface area contributed by atoms with Gasteiger partial charge in [-0.1, -0.05) is 13.8 Å². The van der Waals surface area contributed by atoms with E-state index in [1.165, 1.54) is 4.90 Å². The highest BCUT2D eigenvalue weighted by molar-refractivity contribution is 6.09. The number of amides is 2. The summed E-state index contributed by atoms with van der Waals surface area (Å²) in [5.74, 6) is 0.113. The third-order valence-electron chi connectivity index (χ3n) is 3.84. The van der Waals surface area contributed by atoms with Crippen LogP contribution in [0.2, 0.25) is 0 Å². The lowest BCUT2D eigenvalue weighted by molar-refractivity contribution is -0.125. The molecule has 120 valence electrons. The molecule has 0 saturated carbocycles. The van der Waals surface area contributed by atoms with E-state index in [4.69, 9.17) is 10.5 Å². The normalized spacial score (nSPS) is 18.4. The van der Waals surface area contributed by atoms with Gasteiger partial charge in [0.1, 0.15) is 17.8 Å². The molecule has 3 N–H and O–H groups in total. The molecular weight excluding hydrogens is 282 g/mol. The number of carbonyl (C=O) groups is 2. The minimum atomic E-state index is -0.639. The largest absolute Gasteiger partial charge is 0.494 e. The van der Waals surface area contributed by atoms with E-state index in [0.29, 0.717) is 25.1 Å². The minimum Gasteiger partial charge on any atom is -0.494 e. The Hall–Kier alpha value is -2.24. The van der Waals surface area contributed by atoms with Gasteiger partial charge in [0.25, 0.3) is 0 Å². The van der Waals surface area contributed by atoms with Crippen molar-refractivity contribution in [3.63, 3.8) is 0 Å². The molecule has 1 aliphatic heterocycles. The van der Waals surface area contributed by atoms with Gasteiger partial charge >= 0.3 is 0 Å². The molecule has 1 aromatic carbocycles. The summed E-state index contributed by atoms with van der Waals surface area (Å²) in [6, 6.07) is 4.44. The van der Waals surface area contributed by atoms with Crippen molar-refractivity contribution in [1.82, 2.24) is 0 Å². The molecule has 0 aliphatic carbocycles. The maximum atomic E-state index is 12.7. The number of hydrogen-bond donors (Lipinski definition) is 2. The molecule has 1 aliphatic rings. The summed E-state index contributed by atoms with van der Waals surface area (Å²) in [7, 11) is 0. The Labute approximate surface area is 130 Å². The van der Waals surface area contributed by atoms with Gasteiger partial charge in [-0.25, -0.2) is 0 Å². The van der Waals surface area contributed by atoms with Crippen molar-refractivity contribution >= 4 is 23.2 Å². The molecule has 2 amide bonds. The number of nitrogens with two attached hydrogens (primary N) is 1. The van der Waals surface area contributed by atoms with Crippen LogP contribution in [0, 0.1) is 0 Å². The number of benzene rings is 1. The summed E-state index contributed by atoms with van der Waals surface area (Å²) in [5.41, 5.74) is 6.94. The molecule has 2 atom stereocenters. The van der Waals surface area contributed by atoms with Gasteiger partial charge in [-0.2, -0.15) is 0 Å². The van der Waals surface area contributed by atoms with Crippen molar-refractivity contribution in [2.75, 3.05) is 16.8 Å².